The summed E-state index contributed by atoms with van der Waals surface area (Å²) < 4.78 is 51.8. The fraction of sp³-hybridized carbons (Fsp3) is 0.222. The third kappa shape index (κ3) is 3.31. The van der Waals surface area contributed by atoms with Crippen LogP contribution in [0.5, 0.6) is 0 Å². The smallest absolute Gasteiger partial charge is 0.254 e. The van der Waals surface area contributed by atoms with Gasteiger partial charge in [-0.15, -0.1) is 0 Å². The molecule has 2 nitrogen and oxygen atoms in total. The van der Waals surface area contributed by atoms with Crippen LogP contribution in [0.1, 0.15) is 15.9 Å². The first-order valence-corrected chi connectivity index (χ1v) is 4.22. The first-order chi connectivity index (χ1) is 7.41. The van der Waals surface area contributed by atoms with Crippen molar-refractivity contribution in [3.05, 3.63) is 34.4 Å². The number of hydrogen-bond acceptors (Lipinski definition) is 1. The van der Waals surface area contributed by atoms with Gasteiger partial charge in [0.25, 0.3) is 5.91 Å². The van der Waals surface area contributed by atoms with Gasteiger partial charge in [-0.3, -0.25) is 4.79 Å². The molecule has 1 amide bonds. The second kappa shape index (κ2) is 6.89. The van der Waals surface area contributed by atoms with Gasteiger partial charge < -0.3 is 5.32 Å². The van der Waals surface area contributed by atoms with Crippen LogP contribution in [0.4, 0.5) is 17.6 Å². The molecule has 0 bridgehead atoms. The zero-order valence-electron chi connectivity index (χ0n) is 9.20. The molecule has 0 aliphatic carbocycles. The summed E-state index contributed by atoms with van der Waals surface area (Å²) in [5.74, 6) is -8.40. The average Bonchev–Trinajstić information content (AvgIpc) is 2.24. The molecule has 0 saturated carbocycles. The van der Waals surface area contributed by atoms with Gasteiger partial charge in [0.05, 0.1) is 13.4 Å². The van der Waals surface area contributed by atoms with Crippen LogP contribution in [0.3, 0.4) is 0 Å². The van der Waals surface area contributed by atoms with E-state index in [1.165, 1.54) is 0 Å². The average molecular weight is 270 g/mol. The molecular weight excluding hydrogens is 264 g/mol. The Kier molecular flexibility index (Phi) is 6.93. The molecule has 0 saturated heterocycles. The van der Waals surface area contributed by atoms with E-state index >= 15 is 0 Å². The van der Waals surface area contributed by atoms with Crippen LogP contribution in [0, 0.1) is 30.2 Å². The minimum atomic E-state index is -2.02. The van der Waals surface area contributed by atoms with Crippen molar-refractivity contribution in [2.75, 3.05) is 6.44 Å². The second-order valence-electron chi connectivity index (χ2n) is 2.97. The number of hydrogen-bond donors (Lipinski definition) is 1. The van der Waals surface area contributed by atoms with Gasteiger partial charge >= 0.3 is 0 Å². The van der Waals surface area contributed by atoms with E-state index in [0.717, 1.165) is 6.92 Å². The van der Waals surface area contributed by atoms with Crippen molar-refractivity contribution in [1.29, 1.82) is 0 Å². The number of carbonyl (C=O) groups is 1. The zero-order valence-corrected chi connectivity index (χ0v) is 12.3. The number of carbonyl (C=O) groups excluding carboxylic acids is 1. The molecule has 1 aromatic carbocycles. The number of rotatable bonds is 2. The molecule has 0 heterocycles. The fourth-order valence-electron chi connectivity index (χ4n) is 1.19. The van der Waals surface area contributed by atoms with Crippen molar-refractivity contribution < 1.29 is 22.4 Å². The van der Waals surface area contributed by atoms with E-state index in [1.54, 1.807) is 0 Å². The third-order valence-electron chi connectivity index (χ3n) is 1.99. The first kappa shape index (κ1) is 17.1. The van der Waals surface area contributed by atoms with Crippen molar-refractivity contribution in [2.45, 2.75) is 6.92 Å². The fourth-order valence-corrected chi connectivity index (χ4v) is 1.19. The van der Waals surface area contributed by atoms with E-state index in [2.05, 4.69) is 0 Å². The minimum absolute atomic E-state index is 0. The largest absolute Gasteiger partial charge is 0.361 e. The number of nitrogens with one attached hydrogen (secondary N) is 1. The molecule has 85 valence electrons. The quantitative estimate of drug-likeness (QED) is 0.370. The van der Waals surface area contributed by atoms with Crippen LogP contribution in [0.2, 0.25) is 0 Å². The molecular formula is C9H6BF4KNO. The van der Waals surface area contributed by atoms with Gasteiger partial charge in [-0.25, -0.2) is 17.6 Å². The van der Waals surface area contributed by atoms with Crippen LogP contribution in [0.25, 0.3) is 0 Å². The predicted molar refractivity (Wildman–Crippen MR) is 54.9 cm³/mol. The van der Waals surface area contributed by atoms with Gasteiger partial charge in [0.15, 0.2) is 23.3 Å². The van der Waals surface area contributed by atoms with Gasteiger partial charge in [0.1, 0.15) is 0 Å². The van der Waals surface area contributed by atoms with E-state index in [-0.39, 0.29) is 57.8 Å². The Labute approximate surface area is 139 Å². The summed E-state index contributed by atoms with van der Waals surface area (Å²) in [5, 5.41) is 1.96. The summed E-state index contributed by atoms with van der Waals surface area (Å²) in [6.45, 7) is 0.965. The number of amides is 1. The molecule has 17 heavy (non-hydrogen) atoms. The van der Waals surface area contributed by atoms with Gasteiger partial charge in [0, 0.05) is 56.9 Å². The standard InChI is InChI=1S/C9H6BF4NO.K/c1-3-4(9(16)15-2-10)6(12)8(14)7(13)5(3)11;/h2H2,1H3,(H,15,16);. The first-order valence-electron chi connectivity index (χ1n) is 4.22. The van der Waals surface area contributed by atoms with Crippen LogP contribution in [-0.4, -0.2) is 71.6 Å². The topological polar surface area (TPSA) is 29.1 Å². The summed E-state index contributed by atoms with van der Waals surface area (Å²) in [5.41, 5.74) is -1.50. The Bertz CT molecular complexity index is 426. The SMILES string of the molecule is [B]CNC(=O)c1c(C)c(F)c(F)c(F)c1F.[K]. The molecule has 1 N–H and O–H groups in total. The molecule has 0 aromatic heterocycles. The molecule has 0 fully saturated rings. The summed E-state index contributed by atoms with van der Waals surface area (Å²) in [4.78, 5) is 11.2. The molecule has 1 rings (SSSR count). The zero-order chi connectivity index (χ0) is 12.5. The molecule has 0 atom stereocenters. The van der Waals surface area contributed by atoms with E-state index in [4.69, 9.17) is 7.85 Å². The molecule has 0 aliphatic rings. The Morgan fingerprint density at radius 3 is 2.06 bits per heavy atom. The minimum Gasteiger partial charge on any atom is -0.361 e. The predicted octanol–water partition coefficient (Wildman–Crippen LogP) is 1.03. The number of halogens is 4. The van der Waals surface area contributed by atoms with E-state index in [9.17, 15) is 22.4 Å². The maximum atomic E-state index is 13.2. The molecule has 3 radical (unpaired) electrons. The maximum Gasteiger partial charge on any atom is 0.254 e. The van der Waals surface area contributed by atoms with E-state index in [1.807, 2.05) is 5.32 Å². The summed E-state index contributed by atoms with van der Waals surface area (Å²) in [6.07, 6.45) is -0.335. The third-order valence-corrected chi connectivity index (χ3v) is 1.99. The Morgan fingerprint density at radius 2 is 1.59 bits per heavy atom. The molecule has 1 aromatic rings. The van der Waals surface area contributed by atoms with Crippen molar-refractivity contribution in [3.8, 4) is 0 Å². The summed E-state index contributed by atoms with van der Waals surface area (Å²) in [7, 11) is 4.96. The van der Waals surface area contributed by atoms with Crippen LogP contribution >= 0.6 is 0 Å². The van der Waals surface area contributed by atoms with Crippen LogP contribution < -0.4 is 5.32 Å². The van der Waals surface area contributed by atoms with Gasteiger partial charge in [-0.1, -0.05) is 0 Å². The Hall–Kier alpha value is 0.111. The Balaban J connectivity index is 0.00000256. The van der Waals surface area contributed by atoms with Gasteiger partial charge in [-0.05, 0) is 13.4 Å². The van der Waals surface area contributed by atoms with E-state index in [0.29, 0.717) is 0 Å². The molecule has 0 unspecified atom stereocenters. The van der Waals surface area contributed by atoms with E-state index < -0.39 is 40.3 Å². The van der Waals surface area contributed by atoms with Gasteiger partial charge in [-0.2, -0.15) is 0 Å². The second-order valence-corrected chi connectivity index (χ2v) is 2.97. The Morgan fingerprint density at radius 1 is 1.12 bits per heavy atom. The summed E-state index contributed by atoms with van der Waals surface area (Å²) in [6, 6.07) is 0. The normalized spacial score (nSPS) is 9.71. The van der Waals surface area contributed by atoms with Crippen molar-refractivity contribution in [1.82, 2.24) is 5.32 Å². The van der Waals surface area contributed by atoms with Gasteiger partial charge in [0.2, 0.25) is 0 Å². The van der Waals surface area contributed by atoms with Crippen molar-refractivity contribution in [2.24, 2.45) is 0 Å². The van der Waals surface area contributed by atoms with Crippen LogP contribution in [0.15, 0.2) is 0 Å². The van der Waals surface area contributed by atoms with Crippen LogP contribution in [-0.2, 0) is 0 Å². The molecule has 0 spiro atoms. The van der Waals surface area contributed by atoms with Crippen molar-refractivity contribution in [3.63, 3.8) is 0 Å². The number of benzene rings is 1. The van der Waals surface area contributed by atoms with Crippen molar-refractivity contribution >= 4 is 65.1 Å². The molecule has 8 heteroatoms. The summed E-state index contributed by atoms with van der Waals surface area (Å²) >= 11 is 0. The maximum absolute atomic E-state index is 13.2. The monoisotopic (exact) mass is 270 g/mol. The molecule has 0 aliphatic heterocycles.